The van der Waals surface area contributed by atoms with Crippen LogP contribution in [0.2, 0.25) is 0 Å². The highest BCUT2D eigenvalue weighted by Crippen LogP contribution is 2.47. The maximum atomic E-state index is 2.45. The minimum absolute atomic E-state index is 1.09. The van der Waals surface area contributed by atoms with Crippen LogP contribution < -0.4 is 9.80 Å². The molecular weight excluding hydrogens is 835 g/mol. The van der Waals surface area contributed by atoms with Crippen molar-refractivity contribution < 1.29 is 0 Å². The fourth-order valence-corrected chi connectivity index (χ4v) is 10.5. The lowest BCUT2D eigenvalue weighted by molar-refractivity contribution is 1.18. The maximum absolute atomic E-state index is 2.45. The standard InChI is InChI=1S/C66H51N3/c1-44-38-59-61(40-46(44)3)66(62-41-47(4)45(2)39-60(62)65(59)48-20-10-5-11-21-48)49-30-32-54(33-31-49)69-63-36-34-55(67(50-22-12-6-13-23-50)51-24-14-7-15-25-51)42-57(63)58-43-56(35-37-64(58)69)68(52-26-16-8-17-27-52)53-28-18-9-19-29-53/h5-43H,1-4H3. The molecule has 0 bridgehead atoms. The summed E-state index contributed by atoms with van der Waals surface area (Å²) in [5.74, 6) is 0. The number of aryl methyl sites for hydroxylation is 4. The van der Waals surface area contributed by atoms with Crippen LogP contribution in [0, 0.1) is 27.7 Å². The first-order chi connectivity index (χ1) is 33.9. The Labute approximate surface area is 404 Å². The zero-order valence-electron chi connectivity index (χ0n) is 39.4. The van der Waals surface area contributed by atoms with Crippen LogP contribution in [-0.2, 0) is 0 Å². The Morgan fingerprint density at radius 2 is 0.565 bits per heavy atom. The van der Waals surface area contributed by atoms with Crippen LogP contribution in [0.3, 0.4) is 0 Å². The van der Waals surface area contributed by atoms with Crippen molar-refractivity contribution in [2.75, 3.05) is 9.80 Å². The average Bonchev–Trinajstić information content (AvgIpc) is 3.71. The third-order valence-corrected chi connectivity index (χ3v) is 14.1. The van der Waals surface area contributed by atoms with E-state index in [2.05, 4.69) is 279 Å². The molecule has 0 unspecified atom stereocenters. The molecule has 330 valence electrons. The predicted molar refractivity (Wildman–Crippen MR) is 295 cm³/mol. The molecule has 0 amide bonds. The summed E-state index contributed by atoms with van der Waals surface area (Å²) in [5, 5.41) is 7.48. The molecule has 0 atom stereocenters. The second kappa shape index (κ2) is 17.2. The lowest BCUT2D eigenvalue weighted by Gasteiger charge is -2.26. The van der Waals surface area contributed by atoms with Gasteiger partial charge in [-0.15, -0.1) is 0 Å². The molecule has 0 saturated carbocycles. The van der Waals surface area contributed by atoms with E-state index in [1.807, 2.05) is 0 Å². The van der Waals surface area contributed by atoms with E-state index in [1.54, 1.807) is 0 Å². The quantitative estimate of drug-likeness (QED) is 0.134. The monoisotopic (exact) mass is 885 g/mol. The molecule has 0 aliphatic heterocycles. The van der Waals surface area contributed by atoms with Crippen molar-refractivity contribution >= 4 is 77.5 Å². The highest BCUT2D eigenvalue weighted by atomic mass is 15.1. The average molecular weight is 886 g/mol. The molecule has 12 rings (SSSR count). The first-order valence-electron chi connectivity index (χ1n) is 23.9. The Bertz CT molecular complexity index is 3550. The zero-order valence-corrected chi connectivity index (χ0v) is 39.4. The molecule has 12 aromatic rings. The summed E-state index contributed by atoms with van der Waals surface area (Å²) in [4.78, 5) is 4.71. The molecule has 0 fully saturated rings. The van der Waals surface area contributed by atoms with Crippen LogP contribution in [0.4, 0.5) is 34.1 Å². The number of benzene rings is 11. The highest BCUT2D eigenvalue weighted by molar-refractivity contribution is 6.22. The molecule has 0 N–H and O–H groups in total. The van der Waals surface area contributed by atoms with Gasteiger partial charge in [-0.25, -0.2) is 0 Å². The van der Waals surface area contributed by atoms with Crippen molar-refractivity contribution in [2.24, 2.45) is 0 Å². The van der Waals surface area contributed by atoms with Crippen LogP contribution in [0.25, 0.3) is 71.3 Å². The molecule has 3 heteroatoms. The normalized spacial score (nSPS) is 11.5. The highest BCUT2D eigenvalue weighted by Gasteiger charge is 2.22. The first-order valence-corrected chi connectivity index (χ1v) is 23.9. The molecule has 1 aromatic heterocycles. The van der Waals surface area contributed by atoms with Gasteiger partial charge in [-0.3, -0.25) is 0 Å². The molecular formula is C66H51N3. The Hall–Kier alpha value is -8.66. The predicted octanol–water partition coefficient (Wildman–Crippen LogP) is 18.6. The van der Waals surface area contributed by atoms with Gasteiger partial charge in [0.2, 0.25) is 0 Å². The van der Waals surface area contributed by atoms with Crippen LogP contribution >= 0.6 is 0 Å². The molecule has 0 aliphatic rings. The molecule has 0 aliphatic carbocycles. The smallest absolute Gasteiger partial charge is 0.0542 e. The summed E-state index contributed by atoms with van der Waals surface area (Å²) >= 11 is 0. The Kier molecular flexibility index (Phi) is 10.4. The number of rotatable bonds is 9. The molecule has 0 saturated heterocycles. The molecule has 1 heterocycles. The van der Waals surface area contributed by atoms with Crippen LogP contribution in [-0.4, -0.2) is 4.57 Å². The van der Waals surface area contributed by atoms with E-state index in [-0.39, 0.29) is 0 Å². The molecule has 3 nitrogen and oxygen atoms in total. The Morgan fingerprint density at radius 1 is 0.261 bits per heavy atom. The summed E-state index contributed by atoms with van der Waals surface area (Å²) in [5.41, 5.74) is 20.2. The molecule has 0 radical (unpaired) electrons. The van der Waals surface area contributed by atoms with Crippen molar-refractivity contribution in [1.82, 2.24) is 4.57 Å². The third kappa shape index (κ3) is 7.31. The van der Waals surface area contributed by atoms with Crippen LogP contribution in [0.1, 0.15) is 22.3 Å². The van der Waals surface area contributed by atoms with E-state index in [4.69, 9.17) is 0 Å². The minimum atomic E-state index is 1.09. The Morgan fingerprint density at radius 3 is 0.899 bits per heavy atom. The minimum Gasteiger partial charge on any atom is -0.310 e. The van der Waals surface area contributed by atoms with Gasteiger partial charge in [-0.1, -0.05) is 140 Å². The van der Waals surface area contributed by atoms with Crippen molar-refractivity contribution in [3.05, 3.63) is 259 Å². The number of fused-ring (bicyclic) bond motifs is 5. The summed E-state index contributed by atoms with van der Waals surface area (Å²) in [6, 6.07) is 86.5. The van der Waals surface area contributed by atoms with Gasteiger partial charge in [-0.05, 0) is 191 Å². The van der Waals surface area contributed by atoms with Gasteiger partial charge < -0.3 is 14.4 Å². The van der Waals surface area contributed by atoms with Crippen molar-refractivity contribution in [3.8, 4) is 27.9 Å². The summed E-state index contributed by atoms with van der Waals surface area (Å²) in [6.07, 6.45) is 0. The van der Waals surface area contributed by atoms with Crippen molar-refractivity contribution in [1.29, 1.82) is 0 Å². The van der Waals surface area contributed by atoms with Crippen molar-refractivity contribution in [2.45, 2.75) is 27.7 Å². The lowest BCUT2D eigenvalue weighted by Crippen LogP contribution is -2.09. The number of aromatic nitrogens is 1. The van der Waals surface area contributed by atoms with E-state index < -0.39 is 0 Å². The number of nitrogens with zero attached hydrogens (tertiary/aromatic N) is 3. The van der Waals surface area contributed by atoms with E-state index >= 15 is 0 Å². The second-order valence-corrected chi connectivity index (χ2v) is 18.4. The molecule has 69 heavy (non-hydrogen) atoms. The van der Waals surface area contributed by atoms with Gasteiger partial charge in [-0.2, -0.15) is 0 Å². The zero-order chi connectivity index (χ0) is 46.6. The summed E-state index contributed by atoms with van der Waals surface area (Å²) in [7, 11) is 0. The van der Waals surface area contributed by atoms with Crippen molar-refractivity contribution in [3.63, 3.8) is 0 Å². The SMILES string of the molecule is Cc1cc2c(-c3ccccc3)c3cc(C)c(C)cc3c(-c3ccc(-n4c5ccc(N(c6ccccc6)c6ccccc6)cc5c5cc(N(c6ccccc6)c6ccccc6)ccc54)cc3)c2cc1C. The number of hydrogen-bond donors (Lipinski definition) is 0. The third-order valence-electron chi connectivity index (χ3n) is 14.1. The topological polar surface area (TPSA) is 11.4 Å². The van der Waals surface area contributed by atoms with Gasteiger partial charge in [0.15, 0.2) is 0 Å². The van der Waals surface area contributed by atoms with E-state index in [1.165, 1.54) is 76.8 Å². The van der Waals surface area contributed by atoms with Crippen LogP contribution in [0.5, 0.6) is 0 Å². The molecule has 0 spiro atoms. The number of anilines is 6. The number of para-hydroxylation sites is 4. The summed E-state index contributed by atoms with van der Waals surface area (Å²) < 4.78 is 2.45. The first kappa shape index (κ1) is 41.7. The van der Waals surface area contributed by atoms with Gasteiger partial charge in [0.25, 0.3) is 0 Å². The van der Waals surface area contributed by atoms with Gasteiger partial charge >= 0.3 is 0 Å². The van der Waals surface area contributed by atoms with Gasteiger partial charge in [0.1, 0.15) is 0 Å². The summed E-state index contributed by atoms with van der Waals surface area (Å²) in [6.45, 7) is 8.96. The van der Waals surface area contributed by atoms with E-state index in [0.717, 1.165) is 50.8 Å². The lowest BCUT2D eigenvalue weighted by atomic mass is 9.83. The fraction of sp³-hybridized carbons (Fsp3) is 0.0606. The van der Waals surface area contributed by atoms with Gasteiger partial charge in [0, 0.05) is 50.6 Å². The maximum Gasteiger partial charge on any atom is 0.0542 e. The van der Waals surface area contributed by atoms with Gasteiger partial charge in [0.05, 0.1) is 11.0 Å². The fourth-order valence-electron chi connectivity index (χ4n) is 10.5. The second-order valence-electron chi connectivity index (χ2n) is 18.4. The van der Waals surface area contributed by atoms with E-state index in [0.29, 0.717) is 0 Å². The Balaban J connectivity index is 1.08. The largest absolute Gasteiger partial charge is 0.310 e. The van der Waals surface area contributed by atoms with E-state index in [9.17, 15) is 0 Å². The van der Waals surface area contributed by atoms with Crippen LogP contribution in [0.15, 0.2) is 237 Å². The number of hydrogen-bond acceptors (Lipinski definition) is 2. The molecule has 11 aromatic carbocycles.